The molecule has 0 amide bonds. The number of halogens is 1. The standard InChI is InChI=1S/C20H17BrN2O3S/c1-2-26-17-9-7-16(8-10-17)23-12-11-22-19(20(23)25)27-13-18(24)14-3-5-15(21)6-4-14/h3-12H,2,13H2,1H3. The van der Waals surface area contributed by atoms with Gasteiger partial charge in [0.05, 0.1) is 12.4 Å². The van der Waals surface area contributed by atoms with Crippen molar-refractivity contribution in [3.8, 4) is 11.4 Å². The molecule has 0 fully saturated rings. The van der Waals surface area contributed by atoms with Crippen LogP contribution in [0.5, 0.6) is 5.75 Å². The summed E-state index contributed by atoms with van der Waals surface area (Å²) >= 11 is 4.49. The average Bonchev–Trinajstić information content (AvgIpc) is 2.68. The van der Waals surface area contributed by atoms with Crippen LogP contribution < -0.4 is 10.3 Å². The van der Waals surface area contributed by atoms with Crippen LogP contribution in [0.25, 0.3) is 5.69 Å². The molecule has 138 valence electrons. The van der Waals surface area contributed by atoms with Crippen molar-refractivity contribution in [2.24, 2.45) is 0 Å². The van der Waals surface area contributed by atoms with Crippen molar-refractivity contribution in [2.45, 2.75) is 11.9 Å². The first kappa shape index (κ1) is 19.4. The predicted octanol–water partition coefficient (Wildman–Crippen LogP) is 4.37. The normalized spacial score (nSPS) is 10.6. The van der Waals surface area contributed by atoms with Gasteiger partial charge in [0.1, 0.15) is 5.75 Å². The van der Waals surface area contributed by atoms with Gasteiger partial charge in [0.2, 0.25) is 0 Å². The summed E-state index contributed by atoms with van der Waals surface area (Å²) in [4.78, 5) is 29.1. The highest BCUT2D eigenvalue weighted by molar-refractivity contribution is 9.10. The van der Waals surface area contributed by atoms with E-state index in [4.69, 9.17) is 4.74 Å². The van der Waals surface area contributed by atoms with Crippen molar-refractivity contribution < 1.29 is 9.53 Å². The molecule has 0 bridgehead atoms. The van der Waals surface area contributed by atoms with E-state index in [0.717, 1.165) is 22.0 Å². The number of nitrogens with zero attached hydrogens (tertiary/aromatic N) is 2. The summed E-state index contributed by atoms with van der Waals surface area (Å²) in [5.41, 5.74) is 1.07. The molecule has 7 heteroatoms. The molecule has 0 aliphatic rings. The van der Waals surface area contributed by atoms with Gasteiger partial charge in [0.25, 0.3) is 5.56 Å². The van der Waals surface area contributed by atoms with E-state index in [-0.39, 0.29) is 22.1 Å². The maximum atomic E-state index is 12.7. The van der Waals surface area contributed by atoms with Gasteiger partial charge in [-0.05, 0) is 43.3 Å². The number of benzene rings is 2. The second kappa shape index (κ2) is 9.01. The van der Waals surface area contributed by atoms with Crippen molar-refractivity contribution >= 4 is 33.5 Å². The highest BCUT2D eigenvalue weighted by Gasteiger charge is 2.11. The minimum atomic E-state index is -0.254. The number of thioether (sulfide) groups is 1. The Morgan fingerprint density at radius 1 is 1.15 bits per heavy atom. The van der Waals surface area contributed by atoms with Gasteiger partial charge in [-0.3, -0.25) is 14.2 Å². The zero-order valence-electron chi connectivity index (χ0n) is 14.6. The lowest BCUT2D eigenvalue weighted by Gasteiger charge is -2.09. The molecule has 1 aromatic heterocycles. The van der Waals surface area contributed by atoms with Crippen LogP contribution in [-0.4, -0.2) is 27.7 Å². The van der Waals surface area contributed by atoms with Gasteiger partial charge in [-0.1, -0.05) is 39.8 Å². The second-order valence-corrected chi connectivity index (χ2v) is 7.43. The fourth-order valence-corrected chi connectivity index (χ4v) is 3.47. The predicted molar refractivity (Wildman–Crippen MR) is 110 cm³/mol. The van der Waals surface area contributed by atoms with E-state index in [1.807, 2.05) is 43.3 Å². The van der Waals surface area contributed by atoms with Gasteiger partial charge in [-0.25, -0.2) is 4.98 Å². The Morgan fingerprint density at radius 2 is 1.85 bits per heavy atom. The van der Waals surface area contributed by atoms with Crippen molar-refractivity contribution in [2.75, 3.05) is 12.4 Å². The molecule has 5 nitrogen and oxygen atoms in total. The highest BCUT2D eigenvalue weighted by Crippen LogP contribution is 2.18. The number of aromatic nitrogens is 2. The molecule has 0 aliphatic heterocycles. The third-order valence-corrected chi connectivity index (χ3v) is 5.23. The lowest BCUT2D eigenvalue weighted by molar-refractivity contribution is 0.102. The van der Waals surface area contributed by atoms with Gasteiger partial charge >= 0.3 is 0 Å². The summed E-state index contributed by atoms with van der Waals surface area (Å²) < 4.78 is 7.84. The number of rotatable bonds is 7. The van der Waals surface area contributed by atoms with Crippen LogP contribution in [-0.2, 0) is 0 Å². The maximum Gasteiger partial charge on any atom is 0.287 e. The topological polar surface area (TPSA) is 61.2 Å². The first-order chi connectivity index (χ1) is 13.1. The van der Waals surface area contributed by atoms with E-state index in [1.54, 1.807) is 24.5 Å². The smallest absolute Gasteiger partial charge is 0.287 e. The van der Waals surface area contributed by atoms with Crippen molar-refractivity contribution in [1.29, 1.82) is 0 Å². The van der Waals surface area contributed by atoms with Gasteiger partial charge in [0.15, 0.2) is 10.8 Å². The maximum absolute atomic E-state index is 12.7. The molecule has 0 radical (unpaired) electrons. The molecule has 3 rings (SSSR count). The zero-order chi connectivity index (χ0) is 19.2. The fourth-order valence-electron chi connectivity index (χ4n) is 2.42. The van der Waals surface area contributed by atoms with Gasteiger partial charge in [-0.15, -0.1) is 0 Å². The molecule has 2 aromatic carbocycles. The monoisotopic (exact) mass is 444 g/mol. The Hall–Kier alpha value is -2.38. The zero-order valence-corrected chi connectivity index (χ0v) is 17.0. The highest BCUT2D eigenvalue weighted by atomic mass is 79.9. The second-order valence-electron chi connectivity index (χ2n) is 5.55. The number of carbonyl (C=O) groups excluding carboxylic acids is 1. The molecule has 0 atom stereocenters. The van der Waals surface area contributed by atoms with Crippen LogP contribution in [0.15, 0.2) is 75.2 Å². The third-order valence-electron chi connectivity index (χ3n) is 3.74. The summed E-state index contributed by atoms with van der Waals surface area (Å²) in [5, 5.41) is 0.289. The fraction of sp³-hybridized carbons (Fsp3) is 0.150. The third kappa shape index (κ3) is 4.87. The molecule has 0 aliphatic carbocycles. The Bertz CT molecular complexity index is 985. The van der Waals surface area contributed by atoms with E-state index in [2.05, 4.69) is 20.9 Å². The summed E-state index contributed by atoms with van der Waals surface area (Å²) in [6.07, 6.45) is 3.17. The lowest BCUT2D eigenvalue weighted by atomic mass is 10.2. The summed E-state index contributed by atoms with van der Waals surface area (Å²) in [6, 6.07) is 14.4. The first-order valence-electron chi connectivity index (χ1n) is 8.31. The van der Waals surface area contributed by atoms with E-state index in [0.29, 0.717) is 17.9 Å². The van der Waals surface area contributed by atoms with E-state index >= 15 is 0 Å². The van der Waals surface area contributed by atoms with Gasteiger partial charge in [0, 0.05) is 28.1 Å². The average molecular weight is 445 g/mol. The molecular weight excluding hydrogens is 428 g/mol. The molecule has 0 saturated carbocycles. The number of ether oxygens (including phenoxy) is 1. The van der Waals surface area contributed by atoms with Crippen LogP contribution in [0.3, 0.4) is 0 Å². The molecule has 3 aromatic rings. The molecule has 0 N–H and O–H groups in total. The van der Waals surface area contributed by atoms with E-state index in [9.17, 15) is 9.59 Å². The van der Waals surface area contributed by atoms with Gasteiger partial charge < -0.3 is 4.74 Å². The minimum Gasteiger partial charge on any atom is -0.494 e. The number of ketones is 1. The number of Topliss-reactive ketones (excluding diaryl/α,β-unsaturated/α-hetero) is 1. The van der Waals surface area contributed by atoms with Crippen molar-refractivity contribution in [3.05, 3.63) is 81.3 Å². The van der Waals surface area contributed by atoms with Crippen LogP contribution in [0, 0.1) is 0 Å². The van der Waals surface area contributed by atoms with Crippen LogP contribution in [0.4, 0.5) is 0 Å². The minimum absolute atomic E-state index is 0.0508. The molecular formula is C20H17BrN2O3S. The Morgan fingerprint density at radius 3 is 2.52 bits per heavy atom. The molecule has 0 unspecified atom stereocenters. The van der Waals surface area contributed by atoms with Crippen molar-refractivity contribution in [1.82, 2.24) is 9.55 Å². The Balaban J connectivity index is 1.75. The van der Waals surface area contributed by atoms with Crippen LogP contribution in [0.2, 0.25) is 0 Å². The van der Waals surface area contributed by atoms with Crippen molar-refractivity contribution in [3.63, 3.8) is 0 Å². The Kier molecular flexibility index (Phi) is 6.47. The van der Waals surface area contributed by atoms with E-state index in [1.165, 1.54) is 4.57 Å². The molecule has 0 saturated heterocycles. The quantitative estimate of drug-likeness (QED) is 0.399. The summed E-state index contributed by atoms with van der Waals surface area (Å²) in [6.45, 7) is 2.50. The van der Waals surface area contributed by atoms with Crippen LogP contribution >= 0.6 is 27.7 Å². The molecule has 1 heterocycles. The lowest BCUT2D eigenvalue weighted by Crippen LogP contribution is -2.21. The largest absolute Gasteiger partial charge is 0.494 e. The number of hydrogen-bond acceptors (Lipinski definition) is 5. The molecule has 27 heavy (non-hydrogen) atoms. The molecule has 0 spiro atoms. The number of carbonyl (C=O) groups is 1. The van der Waals surface area contributed by atoms with E-state index < -0.39 is 0 Å². The Labute approximate surface area is 169 Å². The van der Waals surface area contributed by atoms with Gasteiger partial charge in [-0.2, -0.15) is 0 Å². The summed E-state index contributed by atoms with van der Waals surface area (Å²) in [7, 11) is 0. The SMILES string of the molecule is CCOc1ccc(-n2ccnc(SCC(=O)c3ccc(Br)cc3)c2=O)cc1. The first-order valence-corrected chi connectivity index (χ1v) is 10.1. The number of hydrogen-bond donors (Lipinski definition) is 0. The van der Waals surface area contributed by atoms with Crippen LogP contribution in [0.1, 0.15) is 17.3 Å². The summed E-state index contributed by atoms with van der Waals surface area (Å²) in [5.74, 6) is 0.847.